The Balaban J connectivity index is 1.87. The van der Waals surface area contributed by atoms with Gasteiger partial charge in [-0.2, -0.15) is 0 Å². The van der Waals surface area contributed by atoms with Crippen LogP contribution in [0.15, 0.2) is 30.5 Å². The first kappa shape index (κ1) is 10.9. The van der Waals surface area contributed by atoms with Crippen LogP contribution in [0.4, 0.5) is 0 Å². The van der Waals surface area contributed by atoms with Crippen LogP contribution in [0.5, 0.6) is 0 Å². The Morgan fingerprint density at radius 3 is 3.11 bits per heavy atom. The van der Waals surface area contributed by atoms with Crippen LogP contribution in [-0.4, -0.2) is 22.3 Å². The van der Waals surface area contributed by atoms with E-state index in [-0.39, 0.29) is 11.8 Å². The van der Waals surface area contributed by atoms with Crippen molar-refractivity contribution >= 4 is 16.8 Å². The van der Waals surface area contributed by atoms with Crippen molar-refractivity contribution in [1.82, 2.24) is 9.88 Å². The van der Waals surface area contributed by atoms with E-state index in [1.54, 1.807) is 0 Å². The number of amides is 1. The summed E-state index contributed by atoms with van der Waals surface area (Å²) in [6.45, 7) is 1.32. The van der Waals surface area contributed by atoms with Crippen molar-refractivity contribution in [3.05, 3.63) is 36.0 Å². The fraction of sp³-hybridized carbons (Fsp3) is 0.267. The van der Waals surface area contributed by atoms with Gasteiger partial charge in [0.2, 0.25) is 5.91 Å². The van der Waals surface area contributed by atoms with Gasteiger partial charge in [0.15, 0.2) is 0 Å². The van der Waals surface area contributed by atoms with Gasteiger partial charge in [0.25, 0.3) is 0 Å². The third-order valence-corrected chi connectivity index (χ3v) is 3.50. The zero-order chi connectivity index (χ0) is 12.5. The molecule has 1 N–H and O–H groups in total. The van der Waals surface area contributed by atoms with Crippen molar-refractivity contribution in [2.45, 2.75) is 13.0 Å². The highest BCUT2D eigenvalue weighted by Crippen LogP contribution is 2.23. The first-order valence-corrected chi connectivity index (χ1v) is 6.07. The summed E-state index contributed by atoms with van der Waals surface area (Å²) in [5.41, 5.74) is 2.27. The number of benzene rings is 1. The zero-order valence-electron chi connectivity index (χ0n) is 10.0. The van der Waals surface area contributed by atoms with Crippen molar-refractivity contribution in [3.63, 3.8) is 0 Å². The molecule has 3 rings (SSSR count). The molecule has 1 amide bonds. The largest absolute Gasteiger partial charge is 0.361 e. The number of carbonyl (C=O) groups is 1. The average Bonchev–Trinajstić information content (AvgIpc) is 2.97. The van der Waals surface area contributed by atoms with Crippen LogP contribution in [0.1, 0.15) is 12.0 Å². The number of likely N-dealkylation sites (tertiary alicyclic amines) is 1. The number of nitrogens with zero attached hydrogens (tertiary/aromatic N) is 1. The van der Waals surface area contributed by atoms with Gasteiger partial charge in [-0.25, -0.2) is 0 Å². The topological polar surface area (TPSA) is 36.1 Å². The quantitative estimate of drug-likeness (QED) is 0.799. The van der Waals surface area contributed by atoms with E-state index in [1.807, 2.05) is 29.3 Å². The van der Waals surface area contributed by atoms with Crippen molar-refractivity contribution in [1.29, 1.82) is 0 Å². The van der Waals surface area contributed by atoms with E-state index in [2.05, 4.69) is 17.0 Å². The molecule has 1 aliphatic heterocycles. The number of hydrogen-bond donors (Lipinski definition) is 1. The van der Waals surface area contributed by atoms with Crippen molar-refractivity contribution in [2.75, 3.05) is 6.54 Å². The molecule has 2 heterocycles. The minimum absolute atomic E-state index is 0.0722. The summed E-state index contributed by atoms with van der Waals surface area (Å²) in [5.74, 6) is 2.90. The van der Waals surface area contributed by atoms with Gasteiger partial charge < -0.3 is 9.88 Å². The second kappa shape index (κ2) is 4.23. The Bertz CT molecular complexity index is 635. The van der Waals surface area contributed by atoms with E-state index < -0.39 is 0 Å². The van der Waals surface area contributed by atoms with E-state index in [1.165, 1.54) is 10.9 Å². The zero-order valence-corrected chi connectivity index (χ0v) is 10.0. The van der Waals surface area contributed by atoms with Crippen molar-refractivity contribution in [2.24, 2.45) is 5.92 Å². The lowest BCUT2D eigenvalue weighted by Gasteiger charge is -2.16. The molecule has 0 saturated carbocycles. The van der Waals surface area contributed by atoms with Crippen LogP contribution in [0.3, 0.4) is 0 Å². The van der Waals surface area contributed by atoms with E-state index in [9.17, 15) is 4.79 Å². The molecular weight excluding hydrogens is 224 g/mol. The molecule has 1 atom stereocenters. The molecule has 90 valence electrons. The number of fused-ring (bicyclic) bond motifs is 1. The second-order valence-corrected chi connectivity index (χ2v) is 4.70. The Labute approximate surface area is 106 Å². The van der Waals surface area contributed by atoms with Gasteiger partial charge in [0.05, 0.1) is 0 Å². The molecule has 1 fully saturated rings. The number of terminal acetylenes is 1. The number of H-pyrrole nitrogens is 1. The molecule has 1 aliphatic rings. The monoisotopic (exact) mass is 238 g/mol. The van der Waals surface area contributed by atoms with Crippen LogP contribution in [0.2, 0.25) is 0 Å². The SMILES string of the molecule is C#CC1CC(=O)N(Cc2cccc3[nH]ccc23)C1. The van der Waals surface area contributed by atoms with Gasteiger partial charge in [0, 0.05) is 42.5 Å². The van der Waals surface area contributed by atoms with E-state index in [4.69, 9.17) is 6.42 Å². The van der Waals surface area contributed by atoms with E-state index >= 15 is 0 Å². The lowest BCUT2D eigenvalue weighted by Crippen LogP contribution is -2.24. The Morgan fingerprint density at radius 2 is 2.33 bits per heavy atom. The highest BCUT2D eigenvalue weighted by atomic mass is 16.2. The lowest BCUT2D eigenvalue weighted by atomic mass is 10.1. The van der Waals surface area contributed by atoms with Gasteiger partial charge in [-0.15, -0.1) is 12.3 Å². The fourth-order valence-corrected chi connectivity index (χ4v) is 2.53. The first-order valence-electron chi connectivity index (χ1n) is 6.07. The molecule has 0 bridgehead atoms. The van der Waals surface area contributed by atoms with Crippen LogP contribution in [0.25, 0.3) is 10.9 Å². The number of nitrogens with one attached hydrogen (secondary N) is 1. The molecule has 3 heteroatoms. The normalized spacial score (nSPS) is 19.4. The third-order valence-electron chi connectivity index (χ3n) is 3.50. The van der Waals surface area contributed by atoms with Crippen LogP contribution < -0.4 is 0 Å². The molecule has 18 heavy (non-hydrogen) atoms. The van der Waals surface area contributed by atoms with Crippen LogP contribution >= 0.6 is 0 Å². The molecule has 0 spiro atoms. The summed E-state index contributed by atoms with van der Waals surface area (Å²) in [7, 11) is 0. The maximum Gasteiger partial charge on any atom is 0.224 e. The molecule has 2 aromatic rings. The number of hydrogen-bond acceptors (Lipinski definition) is 1. The van der Waals surface area contributed by atoms with E-state index in [0.29, 0.717) is 19.5 Å². The minimum atomic E-state index is 0.0722. The third kappa shape index (κ3) is 1.76. The molecule has 0 aliphatic carbocycles. The summed E-state index contributed by atoms with van der Waals surface area (Å²) in [4.78, 5) is 16.9. The summed E-state index contributed by atoms with van der Waals surface area (Å²) in [6, 6.07) is 8.15. The smallest absolute Gasteiger partial charge is 0.224 e. The standard InChI is InChI=1S/C15H14N2O/c1-2-11-8-15(18)17(9-11)10-12-4-3-5-14-13(12)6-7-16-14/h1,3-7,11,16H,8-10H2. The number of aromatic amines is 1. The molecular formula is C15H14N2O. The van der Waals surface area contributed by atoms with Crippen LogP contribution in [-0.2, 0) is 11.3 Å². The highest BCUT2D eigenvalue weighted by Gasteiger charge is 2.28. The lowest BCUT2D eigenvalue weighted by molar-refractivity contribution is -0.128. The molecule has 1 aromatic carbocycles. The molecule has 3 nitrogen and oxygen atoms in total. The van der Waals surface area contributed by atoms with Gasteiger partial charge in [0.1, 0.15) is 0 Å². The van der Waals surface area contributed by atoms with Gasteiger partial charge in [-0.3, -0.25) is 4.79 Å². The summed E-state index contributed by atoms with van der Waals surface area (Å²) in [6.07, 6.45) is 7.80. The Hall–Kier alpha value is -2.21. The molecule has 1 aromatic heterocycles. The Kier molecular flexibility index (Phi) is 2.56. The number of carbonyl (C=O) groups excluding carboxylic acids is 1. The minimum Gasteiger partial charge on any atom is -0.361 e. The summed E-state index contributed by atoms with van der Waals surface area (Å²) < 4.78 is 0. The second-order valence-electron chi connectivity index (χ2n) is 4.70. The predicted octanol–water partition coefficient (Wildman–Crippen LogP) is 2.15. The summed E-state index contributed by atoms with van der Waals surface area (Å²) in [5, 5.41) is 1.18. The fourth-order valence-electron chi connectivity index (χ4n) is 2.53. The number of rotatable bonds is 2. The maximum absolute atomic E-state index is 11.8. The average molecular weight is 238 g/mol. The first-order chi connectivity index (χ1) is 8.78. The maximum atomic E-state index is 11.8. The van der Waals surface area contributed by atoms with E-state index in [0.717, 1.165) is 5.52 Å². The molecule has 0 radical (unpaired) electrons. The Morgan fingerprint density at radius 1 is 1.44 bits per heavy atom. The molecule has 1 unspecified atom stereocenters. The summed E-state index contributed by atoms with van der Waals surface area (Å²) >= 11 is 0. The van der Waals surface area contributed by atoms with Crippen molar-refractivity contribution < 1.29 is 4.79 Å². The number of aromatic nitrogens is 1. The predicted molar refractivity (Wildman–Crippen MR) is 70.7 cm³/mol. The van der Waals surface area contributed by atoms with Crippen molar-refractivity contribution in [3.8, 4) is 12.3 Å². The van der Waals surface area contributed by atoms with Gasteiger partial charge in [-0.05, 0) is 17.7 Å². The highest BCUT2D eigenvalue weighted by molar-refractivity contribution is 5.84. The van der Waals surface area contributed by atoms with Gasteiger partial charge in [-0.1, -0.05) is 12.1 Å². The molecule has 1 saturated heterocycles. The van der Waals surface area contributed by atoms with Crippen LogP contribution in [0, 0.1) is 18.3 Å². The van der Waals surface area contributed by atoms with Gasteiger partial charge >= 0.3 is 0 Å².